The quantitative estimate of drug-likeness (QED) is 0.608. The fraction of sp³-hybridized carbons (Fsp3) is 0.444. The molecule has 1 N–H and O–H groups in total. The number of hydrogen-bond donors (Lipinski definition) is 1. The second-order valence-electron chi connectivity index (χ2n) is 2.74. The molecule has 15 heavy (non-hydrogen) atoms. The predicted octanol–water partition coefficient (Wildman–Crippen LogP) is -0.180. The van der Waals surface area contributed by atoms with E-state index in [0.717, 1.165) is 15.2 Å². The van der Waals surface area contributed by atoms with Crippen LogP contribution in [0, 0.1) is 6.92 Å². The van der Waals surface area contributed by atoms with E-state index in [9.17, 15) is 4.79 Å². The first kappa shape index (κ1) is 16.1. The maximum atomic E-state index is 11.6. The van der Waals surface area contributed by atoms with Crippen LogP contribution in [-0.2, 0) is 0 Å². The number of carbonyl (C=O) groups is 1. The predicted molar refractivity (Wildman–Crippen MR) is 64.1 cm³/mol. The minimum Gasteiger partial charge on any atom is -0.678 e. The van der Waals surface area contributed by atoms with Crippen molar-refractivity contribution < 1.29 is 56.2 Å². The van der Waals surface area contributed by atoms with Crippen LogP contribution in [0.25, 0.3) is 5.32 Å². The van der Waals surface area contributed by atoms with Crippen molar-refractivity contribution in [3.05, 3.63) is 21.8 Å². The molecule has 6 heteroatoms. The topological polar surface area (TPSA) is 43.2 Å². The first-order valence-electron chi connectivity index (χ1n) is 4.23. The van der Waals surface area contributed by atoms with Crippen LogP contribution in [0.1, 0.15) is 15.2 Å². The fourth-order valence-corrected chi connectivity index (χ4v) is 2.12. The normalized spacial score (nSPS) is 9.27. The van der Waals surface area contributed by atoms with Gasteiger partial charge >= 0.3 is 51.4 Å². The number of hydrogen-bond acceptors (Lipinski definition) is 2. The number of aryl methyl sites for hydroxylation is 1. The molecule has 78 valence electrons. The zero-order valence-electron chi connectivity index (χ0n) is 9.13. The van der Waals surface area contributed by atoms with Crippen molar-refractivity contribution in [2.24, 2.45) is 0 Å². The Labute approximate surface area is 145 Å². The van der Waals surface area contributed by atoms with Crippen molar-refractivity contribution in [3.8, 4) is 0 Å². The molecule has 1 heterocycles. The molecule has 3 nitrogen and oxygen atoms in total. The molecule has 0 aromatic carbocycles. The molecule has 0 saturated carbocycles. The molecule has 1 aromatic heterocycles. The van der Waals surface area contributed by atoms with Gasteiger partial charge in [-0.2, -0.15) is 11.3 Å². The Bertz CT molecular complexity index is 330. The SMILES string of the molecule is C[N-]c1sc(C)cc1C(=O)NCCBr.[K+]. The minimum atomic E-state index is -0.0469. The summed E-state index contributed by atoms with van der Waals surface area (Å²) >= 11 is 4.79. The van der Waals surface area contributed by atoms with Crippen LogP contribution < -0.4 is 56.7 Å². The third-order valence-corrected chi connectivity index (χ3v) is 3.10. The second-order valence-corrected chi connectivity index (χ2v) is 4.77. The Morgan fingerprint density at radius 3 is 2.87 bits per heavy atom. The van der Waals surface area contributed by atoms with Crippen molar-refractivity contribution in [2.45, 2.75) is 6.92 Å². The van der Waals surface area contributed by atoms with Gasteiger partial charge < -0.3 is 10.6 Å². The molecule has 0 aliphatic heterocycles. The summed E-state index contributed by atoms with van der Waals surface area (Å²) in [5, 5.41) is 8.43. The Hall–Kier alpha value is 1.09. The van der Waals surface area contributed by atoms with E-state index < -0.39 is 0 Å². The van der Waals surface area contributed by atoms with Crippen molar-refractivity contribution >= 4 is 38.2 Å². The van der Waals surface area contributed by atoms with Crippen LogP contribution in [0.15, 0.2) is 6.07 Å². The summed E-state index contributed by atoms with van der Waals surface area (Å²) in [6.07, 6.45) is 0. The zero-order valence-corrected chi connectivity index (χ0v) is 14.7. The molecular formula is C9H12BrKN2OS. The number of nitrogens with zero attached hydrogens (tertiary/aromatic N) is 1. The van der Waals surface area contributed by atoms with Crippen LogP contribution >= 0.6 is 27.3 Å². The number of nitrogens with one attached hydrogen (secondary N) is 1. The van der Waals surface area contributed by atoms with Crippen LogP contribution in [0.3, 0.4) is 0 Å². The summed E-state index contributed by atoms with van der Waals surface area (Å²) < 4.78 is 0. The Kier molecular flexibility index (Phi) is 8.81. The molecule has 0 saturated heterocycles. The van der Waals surface area contributed by atoms with Crippen LogP contribution in [0.2, 0.25) is 0 Å². The molecule has 0 aliphatic carbocycles. The molecule has 0 spiro atoms. The van der Waals surface area contributed by atoms with Crippen LogP contribution in [-0.4, -0.2) is 24.8 Å². The molecule has 0 fully saturated rings. The Balaban J connectivity index is 0.00000196. The summed E-state index contributed by atoms with van der Waals surface area (Å²) in [5.41, 5.74) is 0.677. The van der Waals surface area contributed by atoms with E-state index >= 15 is 0 Å². The summed E-state index contributed by atoms with van der Waals surface area (Å²) in [6.45, 7) is 2.61. The monoisotopic (exact) mass is 314 g/mol. The van der Waals surface area contributed by atoms with Gasteiger partial charge in [0.05, 0.1) is 0 Å². The average molecular weight is 315 g/mol. The third kappa shape index (κ3) is 4.85. The van der Waals surface area contributed by atoms with Gasteiger partial charge in [0.1, 0.15) is 0 Å². The zero-order chi connectivity index (χ0) is 10.6. The standard InChI is InChI=1S/C9H13BrN2OS.K/c1-6-5-7(9(11-2)14-6)8(13)12-4-3-10;/h5H,3-4H2,1-2H3,(H2,11,12,13);/q;+1/p-1. The van der Waals surface area contributed by atoms with E-state index in [4.69, 9.17) is 0 Å². The summed E-state index contributed by atoms with van der Waals surface area (Å²) in [6, 6.07) is 1.87. The number of halogens is 1. The number of rotatable bonds is 4. The largest absolute Gasteiger partial charge is 1.00 e. The van der Waals surface area contributed by atoms with Gasteiger partial charge in [0, 0.05) is 22.3 Å². The van der Waals surface area contributed by atoms with Gasteiger partial charge in [-0.15, -0.1) is 7.05 Å². The molecule has 0 unspecified atom stereocenters. The smallest absolute Gasteiger partial charge is 0.678 e. The van der Waals surface area contributed by atoms with E-state index in [1.54, 1.807) is 7.05 Å². The average Bonchev–Trinajstić information content (AvgIpc) is 2.56. The second kappa shape index (κ2) is 8.22. The molecule has 1 aromatic rings. The number of carbonyl (C=O) groups excluding carboxylic acids is 1. The molecule has 0 aliphatic rings. The Morgan fingerprint density at radius 2 is 2.33 bits per heavy atom. The third-order valence-electron chi connectivity index (χ3n) is 1.66. The van der Waals surface area contributed by atoms with Gasteiger partial charge in [-0.3, -0.25) is 4.79 Å². The maximum Gasteiger partial charge on any atom is 1.00 e. The molecule has 0 radical (unpaired) electrons. The molecule has 0 bridgehead atoms. The van der Waals surface area contributed by atoms with E-state index in [1.165, 1.54) is 11.3 Å². The first-order chi connectivity index (χ1) is 6.69. The van der Waals surface area contributed by atoms with Crippen molar-refractivity contribution in [1.82, 2.24) is 5.32 Å². The van der Waals surface area contributed by atoms with Gasteiger partial charge in [0.2, 0.25) is 0 Å². The van der Waals surface area contributed by atoms with Crippen LogP contribution in [0.5, 0.6) is 0 Å². The number of thiophene rings is 1. The number of alkyl halides is 1. The molecule has 1 amide bonds. The molecule has 1 rings (SSSR count). The van der Waals surface area contributed by atoms with Gasteiger partial charge in [0.15, 0.2) is 0 Å². The number of amides is 1. The van der Waals surface area contributed by atoms with E-state index in [1.807, 2.05) is 13.0 Å². The van der Waals surface area contributed by atoms with Crippen molar-refractivity contribution in [3.63, 3.8) is 0 Å². The van der Waals surface area contributed by atoms with Crippen molar-refractivity contribution in [2.75, 3.05) is 18.9 Å². The molecular weight excluding hydrogens is 303 g/mol. The fourth-order valence-electron chi connectivity index (χ4n) is 1.09. The van der Waals surface area contributed by atoms with Gasteiger partial charge in [-0.05, 0) is 13.0 Å². The first-order valence-corrected chi connectivity index (χ1v) is 6.17. The van der Waals surface area contributed by atoms with Gasteiger partial charge in [0.25, 0.3) is 5.91 Å². The summed E-state index contributed by atoms with van der Waals surface area (Å²) in [4.78, 5) is 12.7. The summed E-state index contributed by atoms with van der Waals surface area (Å²) in [5.74, 6) is -0.0469. The van der Waals surface area contributed by atoms with Crippen molar-refractivity contribution in [1.29, 1.82) is 0 Å². The minimum absolute atomic E-state index is 0. The van der Waals surface area contributed by atoms with Gasteiger partial charge in [-0.25, -0.2) is 0 Å². The van der Waals surface area contributed by atoms with Gasteiger partial charge in [-0.1, -0.05) is 20.9 Å². The van der Waals surface area contributed by atoms with E-state index in [0.29, 0.717) is 12.1 Å². The van der Waals surface area contributed by atoms with Crippen LogP contribution in [0.4, 0.5) is 5.00 Å². The maximum absolute atomic E-state index is 11.6. The summed E-state index contributed by atoms with van der Waals surface area (Å²) in [7, 11) is 1.70. The van der Waals surface area contributed by atoms with E-state index in [-0.39, 0.29) is 57.3 Å². The Morgan fingerprint density at radius 1 is 1.67 bits per heavy atom. The molecule has 0 atom stereocenters. The van der Waals surface area contributed by atoms with E-state index in [2.05, 4.69) is 26.6 Å².